The summed E-state index contributed by atoms with van der Waals surface area (Å²) in [7, 11) is 0. The van der Waals surface area contributed by atoms with E-state index in [1.807, 2.05) is 0 Å². The van der Waals surface area contributed by atoms with Gasteiger partial charge >= 0.3 is 0 Å². The Bertz CT molecular complexity index is 242. The molecule has 2 nitrogen and oxygen atoms in total. The molecule has 11 heavy (non-hydrogen) atoms. The van der Waals surface area contributed by atoms with E-state index in [1.165, 1.54) is 0 Å². The van der Waals surface area contributed by atoms with Gasteiger partial charge in [0, 0.05) is 17.1 Å². The maximum absolute atomic E-state index is 10.6. The zero-order chi connectivity index (χ0) is 7.72. The maximum Gasteiger partial charge on any atom is 0.198 e. The molecule has 0 N–H and O–H groups in total. The average Bonchev–Trinajstić information content (AvgIpc) is 1.93. The molecule has 0 aromatic heterocycles. The molecule has 1 rings (SSSR count). The van der Waals surface area contributed by atoms with E-state index in [0.717, 1.165) is 12.2 Å². The van der Waals surface area contributed by atoms with E-state index in [2.05, 4.69) is 0 Å². The number of ketones is 2. The number of carbonyl (C=O) groups is 2. The molecule has 0 saturated carbocycles. The molecule has 0 aromatic rings. The van der Waals surface area contributed by atoms with Gasteiger partial charge in [-0.2, -0.15) is 0 Å². The molecule has 0 heterocycles. The van der Waals surface area contributed by atoms with Crippen LogP contribution in [0.4, 0.5) is 0 Å². The van der Waals surface area contributed by atoms with Crippen molar-refractivity contribution < 1.29 is 26.7 Å². The number of carbonyl (C=O) groups excluding carboxylic acids is 2. The van der Waals surface area contributed by atoms with Crippen LogP contribution in [0.3, 0.4) is 0 Å². The van der Waals surface area contributed by atoms with E-state index in [4.69, 9.17) is 23.2 Å². The first-order chi connectivity index (χ1) is 4.63. The van der Waals surface area contributed by atoms with Crippen LogP contribution >= 0.6 is 23.2 Å². The van der Waals surface area contributed by atoms with Gasteiger partial charge in [-0.15, -0.1) is 0 Å². The van der Waals surface area contributed by atoms with E-state index < -0.39 is 11.6 Å². The Balaban J connectivity index is 0.000001000. The van der Waals surface area contributed by atoms with Crippen molar-refractivity contribution in [1.29, 1.82) is 0 Å². The number of allylic oxidation sites excluding steroid dienone is 4. The molecule has 0 aliphatic heterocycles. The van der Waals surface area contributed by atoms with Crippen LogP contribution in [0.1, 0.15) is 0 Å². The Morgan fingerprint density at radius 2 is 1.18 bits per heavy atom. The first-order valence-electron chi connectivity index (χ1n) is 2.45. The smallest absolute Gasteiger partial charge is 0.198 e. The molecule has 5 heteroatoms. The van der Waals surface area contributed by atoms with Crippen LogP contribution in [0.15, 0.2) is 22.2 Å². The molecule has 60 valence electrons. The Kier molecular flexibility index (Phi) is 4.04. The maximum atomic E-state index is 10.6. The van der Waals surface area contributed by atoms with E-state index in [9.17, 15) is 9.59 Å². The first-order valence-corrected chi connectivity index (χ1v) is 3.20. The molecule has 1 aliphatic rings. The van der Waals surface area contributed by atoms with Gasteiger partial charge in [-0.05, 0) is 12.2 Å². The topological polar surface area (TPSA) is 34.1 Å². The van der Waals surface area contributed by atoms with E-state index in [1.54, 1.807) is 0 Å². The molecule has 0 spiro atoms. The molecule has 0 atom stereocenters. The summed E-state index contributed by atoms with van der Waals surface area (Å²) >= 11 is 10.7. The van der Waals surface area contributed by atoms with Crippen LogP contribution in [0, 0.1) is 0 Å². The standard InChI is InChI=1S/C6H2Cl2O2.Fe/c7-5-3(9)1-2-4(10)6(5)8;/h1-2H;. The van der Waals surface area contributed by atoms with E-state index in [0.29, 0.717) is 0 Å². The van der Waals surface area contributed by atoms with Crippen LogP contribution in [-0.4, -0.2) is 11.6 Å². The largest absolute Gasteiger partial charge is 0.288 e. The average molecular weight is 233 g/mol. The molecule has 0 unspecified atom stereocenters. The van der Waals surface area contributed by atoms with Crippen molar-refractivity contribution in [2.75, 3.05) is 0 Å². The monoisotopic (exact) mass is 232 g/mol. The molecule has 0 bridgehead atoms. The molecule has 0 radical (unpaired) electrons. The third kappa shape index (κ3) is 2.17. The van der Waals surface area contributed by atoms with Gasteiger partial charge in [0.1, 0.15) is 10.1 Å². The van der Waals surface area contributed by atoms with Gasteiger partial charge in [-0.1, -0.05) is 23.2 Å². The van der Waals surface area contributed by atoms with Gasteiger partial charge in [-0.3, -0.25) is 9.59 Å². The van der Waals surface area contributed by atoms with Crippen molar-refractivity contribution in [3.63, 3.8) is 0 Å². The molecule has 0 amide bonds. The zero-order valence-electron chi connectivity index (χ0n) is 5.08. The van der Waals surface area contributed by atoms with Gasteiger partial charge in [0.05, 0.1) is 0 Å². The Labute approximate surface area is 83.7 Å². The Morgan fingerprint density at radius 3 is 1.45 bits per heavy atom. The molecular formula is C6H2Cl2FeO2. The minimum absolute atomic E-state index is 0. The summed E-state index contributed by atoms with van der Waals surface area (Å²) in [5.74, 6) is -0.850. The van der Waals surface area contributed by atoms with E-state index >= 15 is 0 Å². The summed E-state index contributed by atoms with van der Waals surface area (Å²) in [6, 6.07) is 0. The van der Waals surface area contributed by atoms with Gasteiger partial charge < -0.3 is 0 Å². The fourth-order valence-electron chi connectivity index (χ4n) is 0.514. The van der Waals surface area contributed by atoms with Crippen molar-refractivity contribution in [1.82, 2.24) is 0 Å². The van der Waals surface area contributed by atoms with Crippen molar-refractivity contribution >= 4 is 34.8 Å². The third-order valence-corrected chi connectivity index (χ3v) is 1.86. The molecule has 0 saturated heterocycles. The van der Waals surface area contributed by atoms with Crippen LogP contribution < -0.4 is 0 Å². The van der Waals surface area contributed by atoms with Crippen molar-refractivity contribution in [2.45, 2.75) is 0 Å². The normalized spacial score (nSPS) is 16.9. The molecule has 0 aromatic carbocycles. The van der Waals surface area contributed by atoms with Gasteiger partial charge in [0.15, 0.2) is 11.6 Å². The van der Waals surface area contributed by atoms with Crippen LogP contribution in [0.5, 0.6) is 0 Å². The van der Waals surface area contributed by atoms with E-state index in [-0.39, 0.29) is 27.1 Å². The van der Waals surface area contributed by atoms with Crippen LogP contribution in [-0.2, 0) is 26.7 Å². The van der Waals surface area contributed by atoms with Crippen molar-refractivity contribution in [3.05, 3.63) is 22.2 Å². The third-order valence-electron chi connectivity index (χ3n) is 1.01. The summed E-state index contributed by atoms with van der Waals surface area (Å²) in [4.78, 5) is 21.3. The Hall–Kier alpha value is -0.0805. The minimum atomic E-state index is -0.425. The fourth-order valence-corrected chi connectivity index (χ4v) is 0.826. The first kappa shape index (κ1) is 10.9. The summed E-state index contributed by atoms with van der Waals surface area (Å²) in [5.41, 5.74) is 0. The van der Waals surface area contributed by atoms with Crippen molar-refractivity contribution in [2.24, 2.45) is 0 Å². The van der Waals surface area contributed by atoms with Gasteiger partial charge in [0.2, 0.25) is 0 Å². The number of hydrogen-bond acceptors (Lipinski definition) is 2. The SMILES string of the molecule is O=C1C=CC(=O)C(Cl)=C1Cl.[Fe]. The predicted molar refractivity (Wildman–Crippen MR) is 37.9 cm³/mol. The predicted octanol–water partition coefficient (Wildman–Crippen LogP) is 1.38. The second-order valence-corrected chi connectivity index (χ2v) is 2.45. The minimum Gasteiger partial charge on any atom is -0.288 e. The summed E-state index contributed by atoms with van der Waals surface area (Å²) in [6.07, 6.45) is 2.19. The molecule has 1 aliphatic carbocycles. The summed E-state index contributed by atoms with van der Waals surface area (Å²) in [5, 5.41) is -0.400. The van der Waals surface area contributed by atoms with Gasteiger partial charge in [0.25, 0.3) is 0 Å². The Morgan fingerprint density at radius 1 is 0.909 bits per heavy atom. The van der Waals surface area contributed by atoms with Gasteiger partial charge in [-0.25, -0.2) is 0 Å². The fraction of sp³-hybridized carbons (Fsp3) is 0. The van der Waals surface area contributed by atoms with Crippen molar-refractivity contribution in [3.8, 4) is 0 Å². The number of halogens is 2. The second-order valence-electron chi connectivity index (χ2n) is 1.69. The van der Waals surface area contributed by atoms with Crippen LogP contribution in [0.2, 0.25) is 0 Å². The number of rotatable bonds is 0. The molecular weight excluding hydrogens is 231 g/mol. The summed E-state index contributed by atoms with van der Waals surface area (Å²) < 4.78 is 0. The summed E-state index contributed by atoms with van der Waals surface area (Å²) in [6.45, 7) is 0. The quantitative estimate of drug-likeness (QED) is 0.467. The second kappa shape index (κ2) is 4.07. The van der Waals surface area contributed by atoms with Crippen LogP contribution in [0.25, 0.3) is 0 Å². The number of hydrogen-bond donors (Lipinski definition) is 0. The molecule has 0 fully saturated rings. The zero-order valence-corrected chi connectivity index (χ0v) is 7.70.